The number of carbonyl (C=O) groups is 2. The molecule has 7 nitrogen and oxygen atoms in total. The first kappa shape index (κ1) is 25.3. The highest BCUT2D eigenvalue weighted by Crippen LogP contribution is 2.41. The van der Waals surface area contributed by atoms with E-state index >= 15 is 0 Å². The maximum absolute atomic E-state index is 14.0. The van der Waals surface area contributed by atoms with E-state index in [1.165, 1.54) is 44.5 Å². The molecule has 0 fully saturated rings. The van der Waals surface area contributed by atoms with Crippen molar-refractivity contribution in [2.45, 2.75) is 25.1 Å². The number of hydrogen-bond acceptors (Lipinski definition) is 5. The van der Waals surface area contributed by atoms with Crippen molar-refractivity contribution in [1.82, 2.24) is 10.3 Å². The largest absolute Gasteiger partial charge is 0.497 e. The first-order valence-electron chi connectivity index (χ1n) is 9.53. The molecule has 2 aromatic rings. The highest BCUT2D eigenvalue weighted by atomic mass is 35.5. The van der Waals surface area contributed by atoms with E-state index in [0.717, 1.165) is 12.1 Å². The lowest BCUT2D eigenvalue weighted by molar-refractivity contribution is -0.261. The number of rotatable bonds is 8. The van der Waals surface area contributed by atoms with Gasteiger partial charge in [-0.3, -0.25) is 20.0 Å². The number of nitrogens with zero attached hydrogens (tertiary/aromatic N) is 1. The standard InChI is InChI=1S/C21H23ClF3N3O4/c1-4-10-28(27-14-8-9-16(17(22)12-14)18(29)26-2)19(30)20(31,21(23,24)25)13-6-5-7-15(11-13)32-3/h5-9,11-12,27,31H,4,10H2,1-3H3,(H,26,29)/t20-/m1/s1. The van der Waals surface area contributed by atoms with Gasteiger partial charge in [-0.25, -0.2) is 0 Å². The topological polar surface area (TPSA) is 90.9 Å². The SMILES string of the molecule is CCCN(Nc1ccc(C(=O)NC)c(Cl)c1)C(=O)[C@](O)(c1cccc(OC)c1)C(F)(F)F. The Bertz CT molecular complexity index is 987. The normalized spacial score (nSPS) is 13.1. The minimum Gasteiger partial charge on any atom is -0.497 e. The van der Waals surface area contributed by atoms with Crippen LogP contribution >= 0.6 is 11.6 Å². The van der Waals surface area contributed by atoms with Crippen molar-refractivity contribution in [2.75, 3.05) is 26.1 Å². The summed E-state index contributed by atoms with van der Waals surface area (Å²) in [6.45, 7) is 1.50. The summed E-state index contributed by atoms with van der Waals surface area (Å²) in [6.07, 6.45) is -5.04. The fourth-order valence-electron chi connectivity index (χ4n) is 2.94. The lowest BCUT2D eigenvalue weighted by Crippen LogP contribution is -2.57. The van der Waals surface area contributed by atoms with Crippen LogP contribution in [-0.2, 0) is 10.4 Å². The Morgan fingerprint density at radius 3 is 2.41 bits per heavy atom. The second-order valence-corrected chi connectivity index (χ2v) is 7.19. The predicted octanol–water partition coefficient (Wildman–Crippen LogP) is 3.72. The van der Waals surface area contributed by atoms with Crippen molar-refractivity contribution in [3.05, 3.63) is 58.6 Å². The van der Waals surface area contributed by atoms with Crippen molar-refractivity contribution >= 4 is 29.1 Å². The second-order valence-electron chi connectivity index (χ2n) is 6.78. The number of hydrogen-bond donors (Lipinski definition) is 3. The number of carbonyl (C=O) groups excluding carboxylic acids is 2. The van der Waals surface area contributed by atoms with Crippen LogP contribution in [-0.4, -0.2) is 48.8 Å². The number of aliphatic hydroxyl groups is 1. The predicted molar refractivity (Wildman–Crippen MR) is 113 cm³/mol. The number of anilines is 1. The summed E-state index contributed by atoms with van der Waals surface area (Å²) >= 11 is 6.09. The molecule has 174 valence electrons. The number of hydrazine groups is 1. The zero-order valence-corrected chi connectivity index (χ0v) is 18.3. The molecule has 0 heterocycles. The van der Waals surface area contributed by atoms with Crippen LogP contribution < -0.4 is 15.5 Å². The van der Waals surface area contributed by atoms with Gasteiger partial charge in [-0.05, 0) is 36.8 Å². The lowest BCUT2D eigenvalue weighted by atomic mass is 9.91. The summed E-state index contributed by atoms with van der Waals surface area (Å²) < 4.78 is 47.0. The van der Waals surface area contributed by atoms with Crippen LogP contribution in [0.15, 0.2) is 42.5 Å². The van der Waals surface area contributed by atoms with Gasteiger partial charge in [-0.1, -0.05) is 30.7 Å². The van der Waals surface area contributed by atoms with Gasteiger partial charge in [0.25, 0.3) is 17.4 Å². The van der Waals surface area contributed by atoms with Crippen LogP contribution in [0.1, 0.15) is 29.3 Å². The molecule has 3 N–H and O–H groups in total. The third kappa shape index (κ3) is 5.08. The van der Waals surface area contributed by atoms with Gasteiger partial charge in [-0.15, -0.1) is 0 Å². The van der Waals surface area contributed by atoms with Gasteiger partial charge in [0.2, 0.25) is 0 Å². The number of amides is 2. The third-order valence-corrected chi connectivity index (χ3v) is 4.92. The summed E-state index contributed by atoms with van der Waals surface area (Å²) in [6, 6.07) is 8.61. The lowest BCUT2D eigenvalue weighted by Gasteiger charge is -2.35. The molecule has 0 saturated heterocycles. The van der Waals surface area contributed by atoms with Gasteiger partial charge < -0.3 is 15.2 Å². The zero-order valence-electron chi connectivity index (χ0n) is 17.6. The van der Waals surface area contributed by atoms with E-state index in [1.54, 1.807) is 6.92 Å². The Labute approximate surface area is 188 Å². The van der Waals surface area contributed by atoms with Crippen molar-refractivity contribution in [3.63, 3.8) is 0 Å². The number of nitrogens with one attached hydrogen (secondary N) is 2. The van der Waals surface area contributed by atoms with Gasteiger partial charge in [0.15, 0.2) is 0 Å². The summed E-state index contributed by atoms with van der Waals surface area (Å²) in [5, 5.41) is 13.8. The molecular formula is C21H23ClF3N3O4. The van der Waals surface area contributed by atoms with E-state index < -0.39 is 29.2 Å². The molecule has 0 aliphatic carbocycles. The molecule has 0 aromatic heterocycles. The van der Waals surface area contributed by atoms with Crippen LogP contribution in [0.5, 0.6) is 5.75 Å². The van der Waals surface area contributed by atoms with E-state index in [1.807, 2.05) is 0 Å². The summed E-state index contributed by atoms with van der Waals surface area (Å²) in [7, 11) is 2.67. The molecule has 0 saturated carbocycles. The van der Waals surface area contributed by atoms with Crippen LogP contribution in [0.4, 0.5) is 18.9 Å². The number of methoxy groups -OCH3 is 1. The van der Waals surface area contributed by atoms with E-state index in [9.17, 15) is 27.9 Å². The quantitative estimate of drug-likeness (QED) is 0.508. The summed E-state index contributed by atoms with van der Waals surface area (Å²) in [5.41, 5.74) is -1.67. The number of halogens is 4. The van der Waals surface area contributed by atoms with Crippen LogP contribution in [0.3, 0.4) is 0 Å². The molecule has 0 aliphatic rings. The van der Waals surface area contributed by atoms with Crippen molar-refractivity contribution < 1.29 is 32.6 Å². The van der Waals surface area contributed by atoms with Crippen LogP contribution in [0, 0.1) is 0 Å². The molecule has 2 aromatic carbocycles. The molecular weight excluding hydrogens is 451 g/mol. The maximum Gasteiger partial charge on any atom is 0.430 e. The molecule has 32 heavy (non-hydrogen) atoms. The molecule has 0 radical (unpaired) electrons. The van der Waals surface area contributed by atoms with Gasteiger partial charge in [0, 0.05) is 19.2 Å². The van der Waals surface area contributed by atoms with Crippen molar-refractivity contribution in [3.8, 4) is 5.75 Å². The second kappa shape index (κ2) is 10.1. The minimum absolute atomic E-state index is 0.0251. The van der Waals surface area contributed by atoms with Crippen LogP contribution in [0.2, 0.25) is 5.02 Å². The zero-order chi connectivity index (χ0) is 24.1. The molecule has 2 rings (SSSR count). The summed E-state index contributed by atoms with van der Waals surface area (Å²) in [5.74, 6) is -2.04. The minimum atomic E-state index is -5.33. The van der Waals surface area contributed by atoms with Gasteiger partial charge in [-0.2, -0.15) is 13.2 Å². The average molecular weight is 474 g/mol. The summed E-state index contributed by atoms with van der Waals surface area (Å²) in [4.78, 5) is 24.8. The number of alkyl halides is 3. The monoisotopic (exact) mass is 473 g/mol. The Hall–Kier alpha value is -2.98. The Balaban J connectivity index is 2.47. The highest BCUT2D eigenvalue weighted by Gasteiger charge is 2.62. The Kier molecular flexibility index (Phi) is 7.97. The van der Waals surface area contributed by atoms with Gasteiger partial charge in [0.1, 0.15) is 5.75 Å². The fraction of sp³-hybridized carbons (Fsp3) is 0.333. The average Bonchev–Trinajstić information content (AvgIpc) is 2.76. The van der Waals surface area contributed by atoms with Gasteiger partial charge >= 0.3 is 6.18 Å². The van der Waals surface area contributed by atoms with Crippen LogP contribution in [0.25, 0.3) is 0 Å². The molecule has 0 unspecified atom stereocenters. The Morgan fingerprint density at radius 2 is 1.88 bits per heavy atom. The maximum atomic E-state index is 14.0. The molecule has 1 atom stereocenters. The fourth-order valence-corrected chi connectivity index (χ4v) is 3.21. The van der Waals surface area contributed by atoms with E-state index in [0.29, 0.717) is 5.01 Å². The first-order chi connectivity index (χ1) is 15.0. The van der Waals surface area contributed by atoms with E-state index in [-0.39, 0.29) is 35.0 Å². The van der Waals surface area contributed by atoms with E-state index in [2.05, 4.69) is 10.7 Å². The number of ether oxygens (including phenoxy) is 1. The molecule has 11 heteroatoms. The van der Waals surface area contributed by atoms with Crippen molar-refractivity contribution in [1.29, 1.82) is 0 Å². The molecule has 2 amide bonds. The smallest absolute Gasteiger partial charge is 0.430 e. The molecule has 0 spiro atoms. The first-order valence-corrected chi connectivity index (χ1v) is 9.91. The Morgan fingerprint density at radius 1 is 1.19 bits per heavy atom. The molecule has 0 bridgehead atoms. The highest BCUT2D eigenvalue weighted by molar-refractivity contribution is 6.34. The number of benzene rings is 2. The molecule has 0 aliphatic heterocycles. The van der Waals surface area contributed by atoms with Crippen molar-refractivity contribution in [2.24, 2.45) is 0 Å². The van der Waals surface area contributed by atoms with E-state index in [4.69, 9.17) is 16.3 Å². The third-order valence-electron chi connectivity index (χ3n) is 4.60. The van der Waals surface area contributed by atoms with Gasteiger partial charge in [0.05, 0.1) is 23.4 Å².